The van der Waals surface area contributed by atoms with Crippen molar-refractivity contribution in [2.24, 2.45) is 0 Å². The highest BCUT2D eigenvalue weighted by Gasteiger charge is 2.43. The fourth-order valence-electron chi connectivity index (χ4n) is 4.86. The van der Waals surface area contributed by atoms with Gasteiger partial charge in [0.1, 0.15) is 5.75 Å². The van der Waals surface area contributed by atoms with Gasteiger partial charge in [0, 0.05) is 42.6 Å². The molecule has 0 amide bonds. The summed E-state index contributed by atoms with van der Waals surface area (Å²) in [6.45, 7) is 0.145. The normalized spacial score (nSPS) is 18.3. The molecule has 3 heterocycles. The monoisotopic (exact) mass is 479 g/mol. The van der Waals surface area contributed by atoms with Crippen LogP contribution in [0.4, 0.5) is 25.8 Å². The number of benzene rings is 2. The van der Waals surface area contributed by atoms with E-state index in [9.17, 15) is 18.7 Å². The molecule has 0 saturated carbocycles. The Labute approximate surface area is 202 Å². The zero-order chi connectivity index (χ0) is 24.6. The molecule has 2 aliphatic heterocycles. The topological polar surface area (TPSA) is 65.9 Å². The van der Waals surface area contributed by atoms with Crippen molar-refractivity contribution in [2.45, 2.75) is 31.1 Å². The molecule has 0 radical (unpaired) electrons. The number of anilines is 3. The number of aryl methyl sites for hydroxylation is 1. The molecule has 0 spiro atoms. The summed E-state index contributed by atoms with van der Waals surface area (Å²) in [5.41, 5.74) is 4.89. The summed E-state index contributed by atoms with van der Waals surface area (Å²) >= 11 is 0. The van der Waals surface area contributed by atoms with Gasteiger partial charge in [0.05, 0.1) is 25.3 Å². The molecular weight excluding hydrogens is 452 g/mol. The Morgan fingerprint density at radius 3 is 2.63 bits per heavy atom. The third-order valence-electron chi connectivity index (χ3n) is 6.89. The molecule has 182 valence electrons. The number of aromatic nitrogens is 1. The molecule has 0 unspecified atom stereocenters. The number of pyridine rings is 1. The Hall–Kier alpha value is -3.68. The highest BCUT2D eigenvalue weighted by atomic mass is 19.3. The van der Waals surface area contributed by atoms with Crippen LogP contribution in [0.3, 0.4) is 0 Å². The fourth-order valence-corrected chi connectivity index (χ4v) is 4.86. The average Bonchev–Trinajstić information content (AvgIpc) is 2.85. The van der Waals surface area contributed by atoms with Gasteiger partial charge in [0.25, 0.3) is 5.92 Å². The summed E-state index contributed by atoms with van der Waals surface area (Å²) in [4.78, 5) is 19.3. The van der Waals surface area contributed by atoms with Crippen LogP contribution in [0.1, 0.15) is 40.2 Å². The van der Waals surface area contributed by atoms with Crippen molar-refractivity contribution in [2.75, 3.05) is 36.5 Å². The van der Waals surface area contributed by atoms with E-state index in [0.29, 0.717) is 18.6 Å². The summed E-state index contributed by atoms with van der Waals surface area (Å²) < 4.78 is 32.3. The molecule has 1 fully saturated rings. The van der Waals surface area contributed by atoms with Gasteiger partial charge in [0.2, 0.25) is 0 Å². The standard InChI is InChI=1S/C27H27F2N3O3/c1-31(20-4-6-21(7-5-20)32-16-27(28,29)17-32)22-8-9-23-18(11-13-35-25(23)14-22)2-3-19-15-30-12-10-24(19)26(33)34/h4-10,12,14-15,18H,2-3,11,13,16-17H2,1H3,(H,33,34)/t18-/m1/s1. The summed E-state index contributed by atoms with van der Waals surface area (Å²) in [5, 5.41) is 9.43. The second kappa shape index (κ2) is 9.17. The van der Waals surface area contributed by atoms with E-state index >= 15 is 0 Å². The number of carboxylic acid groups (broad SMARTS) is 1. The first kappa shape index (κ1) is 23.1. The van der Waals surface area contributed by atoms with Gasteiger partial charge in [0.15, 0.2) is 0 Å². The zero-order valence-corrected chi connectivity index (χ0v) is 19.5. The Kier molecular flexibility index (Phi) is 6.05. The quantitative estimate of drug-likeness (QED) is 0.483. The largest absolute Gasteiger partial charge is 0.493 e. The number of hydrogen-bond donors (Lipinski definition) is 1. The van der Waals surface area contributed by atoms with Crippen LogP contribution in [0.15, 0.2) is 60.9 Å². The zero-order valence-electron chi connectivity index (χ0n) is 19.5. The first-order valence-corrected chi connectivity index (χ1v) is 11.7. The first-order valence-electron chi connectivity index (χ1n) is 11.7. The molecule has 1 N–H and O–H groups in total. The Bertz CT molecular complexity index is 1220. The third kappa shape index (κ3) is 4.78. The predicted molar refractivity (Wildman–Crippen MR) is 130 cm³/mol. The Morgan fingerprint density at radius 1 is 1.17 bits per heavy atom. The lowest BCUT2D eigenvalue weighted by atomic mass is 9.87. The van der Waals surface area contributed by atoms with E-state index in [1.807, 2.05) is 42.3 Å². The number of rotatable bonds is 7. The molecule has 1 atom stereocenters. The van der Waals surface area contributed by atoms with Crippen LogP contribution < -0.4 is 14.5 Å². The predicted octanol–water partition coefficient (Wildman–Crippen LogP) is 5.50. The molecule has 2 aliphatic rings. The van der Waals surface area contributed by atoms with Gasteiger partial charge >= 0.3 is 5.97 Å². The van der Waals surface area contributed by atoms with Crippen molar-refractivity contribution in [3.05, 3.63) is 77.6 Å². The molecule has 1 aromatic heterocycles. The van der Waals surface area contributed by atoms with Gasteiger partial charge in [-0.2, -0.15) is 0 Å². The molecule has 8 heteroatoms. The van der Waals surface area contributed by atoms with Crippen molar-refractivity contribution < 1.29 is 23.4 Å². The number of ether oxygens (including phenoxy) is 1. The summed E-state index contributed by atoms with van der Waals surface area (Å²) in [5.74, 6) is -2.41. The minimum absolute atomic E-state index is 0.232. The van der Waals surface area contributed by atoms with E-state index in [4.69, 9.17) is 4.74 Å². The van der Waals surface area contributed by atoms with Crippen molar-refractivity contribution in [1.82, 2.24) is 4.98 Å². The molecule has 35 heavy (non-hydrogen) atoms. The van der Waals surface area contributed by atoms with Gasteiger partial charge in [-0.25, -0.2) is 13.6 Å². The highest BCUT2D eigenvalue weighted by Crippen LogP contribution is 2.40. The molecule has 0 aliphatic carbocycles. The molecule has 2 aromatic carbocycles. The van der Waals surface area contributed by atoms with Crippen LogP contribution in [-0.4, -0.2) is 48.7 Å². The molecule has 3 aromatic rings. The first-order chi connectivity index (χ1) is 16.8. The van der Waals surface area contributed by atoms with Gasteiger partial charge in [-0.3, -0.25) is 4.98 Å². The van der Waals surface area contributed by atoms with Crippen LogP contribution in [-0.2, 0) is 6.42 Å². The lowest BCUT2D eigenvalue weighted by Gasteiger charge is -2.40. The molecule has 5 rings (SSSR count). The number of fused-ring (bicyclic) bond motifs is 1. The number of carboxylic acids is 1. The summed E-state index contributed by atoms with van der Waals surface area (Å²) in [6.07, 6.45) is 5.47. The molecule has 6 nitrogen and oxygen atoms in total. The van der Waals surface area contributed by atoms with E-state index in [-0.39, 0.29) is 19.0 Å². The van der Waals surface area contributed by atoms with Crippen LogP contribution in [0, 0.1) is 0 Å². The second-order valence-corrected chi connectivity index (χ2v) is 9.22. The Morgan fingerprint density at radius 2 is 1.91 bits per heavy atom. The maximum atomic E-state index is 13.2. The third-order valence-corrected chi connectivity index (χ3v) is 6.89. The van der Waals surface area contributed by atoms with Gasteiger partial charge in [-0.05, 0) is 72.7 Å². The average molecular weight is 480 g/mol. The smallest absolute Gasteiger partial charge is 0.336 e. The van der Waals surface area contributed by atoms with Crippen LogP contribution >= 0.6 is 0 Å². The van der Waals surface area contributed by atoms with Crippen molar-refractivity contribution in [3.8, 4) is 5.75 Å². The minimum Gasteiger partial charge on any atom is -0.493 e. The van der Waals surface area contributed by atoms with Crippen LogP contribution in [0.2, 0.25) is 0 Å². The lowest BCUT2D eigenvalue weighted by molar-refractivity contribution is -0.0262. The van der Waals surface area contributed by atoms with E-state index in [1.165, 1.54) is 6.20 Å². The van der Waals surface area contributed by atoms with Gasteiger partial charge < -0.3 is 19.6 Å². The number of carbonyl (C=O) groups is 1. The SMILES string of the molecule is CN(c1ccc(N2CC(F)(F)C2)cc1)c1ccc2c(c1)OCC[C@H]2CCc1cnccc1C(=O)O. The molecule has 1 saturated heterocycles. The number of hydrogen-bond acceptors (Lipinski definition) is 5. The van der Waals surface area contributed by atoms with Crippen molar-refractivity contribution >= 4 is 23.0 Å². The number of nitrogens with zero attached hydrogens (tertiary/aromatic N) is 3. The van der Waals surface area contributed by atoms with Crippen molar-refractivity contribution in [3.63, 3.8) is 0 Å². The maximum absolute atomic E-state index is 13.2. The number of halogens is 2. The number of aromatic carboxylic acids is 1. The van der Waals surface area contributed by atoms with E-state index in [2.05, 4.69) is 17.1 Å². The van der Waals surface area contributed by atoms with Gasteiger partial charge in [-0.15, -0.1) is 0 Å². The summed E-state index contributed by atoms with van der Waals surface area (Å²) in [6, 6.07) is 15.3. The van der Waals surface area contributed by atoms with Crippen LogP contribution in [0.25, 0.3) is 0 Å². The molecule has 0 bridgehead atoms. The maximum Gasteiger partial charge on any atom is 0.336 e. The number of alkyl halides is 2. The highest BCUT2D eigenvalue weighted by molar-refractivity contribution is 5.89. The van der Waals surface area contributed by atoms with E-state index < -0.39 is 11.9 Å². The lowest BCUT2D eigenvalue weighted by Crippen LogP contribution is -2.56. The van der Waals surface area contributed by atoms with E-state index in [1.54, 1.807) is 17.2 Å². The van der Waals surface area contributed by atoms with Crippen molar-refractivity contribution in [1.29, 1.82) is 0 Å². The van der Waals surface area contributed by atoms with Gasteiger partial charge in [-0.1, -0.05) is 6.07 Å². The van der Waals surface area contributed by atoms with Crippen LogP contribution in [0.5, 0.6) is 5.75 Å². The Balaban J connectivity index is 1.28. The summed E-state index contributed by atoms with van der Waals surface area (Å²) in [7, 11) is 1.96. The fraction of sp³-hybridized carbons (Fsp3) is 0.333. The van der Waals surface area contributed by atoms with E-state index in [0.717, 1.165) is 46.8 Å². The molecular formula is C27H27F2N3O3. The minimum atomic E-state index is -2.59. The second-order valence-electron chi connectivity index (χ2n) is 9.22.